The molecule has 0 radical (unpaired) electrons. The molecule has 19 heavy (non-hydrogen) atoms. The summed E-state index contributed by atoms with van der Waals surface area (Å²) in [5.41, 5.74) is 7.36. The Labute approximate surface area is 114 Å². The summed E-state index contributed by atoms with van der Waals surface area (Å²) in [5, 5.41) is 4.36. The highest BCUT2D eigenvalue weighted by molar-refractivity contribution is 5.77. The summed E-state index contributed by atoms with van der Waals surface area (Å²) in [7, 11) is 0. The lowest BCUT2D eigenvalue weighted by molar-refractivity contribution is -0.137. The van der Waals surface area contributed by atoms with Crippen molar-refractivity contribution < 1.29 is 4.79 Å². The molecule has 106 valence electrons. The fourth-order valence-corrected chi connectivity index (χ4v) is 2.85. The Bertz CT molecular complexity index is 429. The molecule has 5 nitrogen and oxygen atoms in total. The number of nitrogens with zero attached hydrogens (tertiary/aromatic N) is 3. The van der Waals surface area contributed by atoms with Crippen molar-refractivity contribution in [2.45, 2.75) is 58.2 Å². The monoisotopic (exact) mass is 264 g/mol. The number of carbonyl (C=O) groups is 1. The molecule has 0 spiro atoms. The number of amides is 1. The first-order valence-corrected chi connectivity index (χ1v) is 7.25. The molecule has 0 bridgehead atoms. The quantitative estimate of drug-likeness (QED) is 0.880. The van der Waals surface area contributed by atoms with Crippen LogP contribution in [0.5, 0.6) is 0 Å². The zero-order chi connectivity index (χ0) is 13.8. The zero-order valence-corrected chi connectivity index (χ0v) is 11.9. The maximum atomic E-state index is 12.1. The van der Waals surface area contributed by atoms with Crippen molar-refractivity contribution in [2.75, 3.05) is 6.54 Å². The minimum absolute atomic E-state index is 0.0107. The van der Waals surface area contributed by atoms with E-state index in [0.29, 0.717) is 6.42 Å². The van der Waals surface area contributed by atoms with Gasteiger partial charge in [0.2, 0.25) is 5.91 Å². The Balaban J connectivity index is 2.31. The van der Waals surface area contributed by atoms with Crippen LogP contribution in [0.15, 0.2) is 12.3 Å². The van der Waals surface area contributed by atoms with Gasteiger partial charge in [-0.1, -0.05) is 13.8 Å². The third-order valence-corrected chi connectivity index (χ3v) is 3.71. The molecule has 1 aliphatic rings. The maximum absolute atomic E-state index is 12.1. The predicted molar refractivity (Wildman–Crippen MR) is 74.5 cm³/mol. The fourth-order valence-electron chi connectivity index (χ4n) is 2.85. The van der Waals surface area contributed by atoms with Gasteiger partial charge in [-0.2, -0.15) is 5.10 Å². The van der Waals surface area contributed by atoms with E-state index in [-0.39, 0.29) is 18.0 Å². The number of aromatic nitrogens is 2. The number of piperidine rings is 1. The fraction of sp³-hybridized carbons (Fsp3) is 0.714. The van der Waals surface area contributed by atoms with Crippen molar-refractivity contribution in [3.05, 3.63) is 18.0 Å². The third kappa shape index (κ3) is 2.81. The van der Waals surface area contributed by atoms with Crippen LogP contribution in [0.25, 0.3) is 0 Å². The molecule has 1 aliphatic heterocycles. The van der Waals surface area contributed by atoms with Gasteiger partial charge in [-0.15, -0.1) is 0 Å². The summed E-state index contributed by atoms with van der Waals surface area (Å²) in [4.78, 5) is 14.1. The van der Waals surface area contributed by atoms with Crippen molar-refractivity contribution >= 4 is 5.91 Å². The van der Waals surface area contributed by atoms with Gasteiger partial charge < -0.3 is 10.6 Å². The number of aryl methyl sites for hydroxylation is 1. The first-order chi connectivity index (χ1) is 9.19. The minimum atomic E-state index is -0.0183. The molecular weight excluding hydrogens is 240 g/mol. The molecule has 1 amide bonds. The molecule has 2 rings (SSSR count). The topological polar surface area (TPSA) is 64.2 Å². The van der Waals surface area contributed by atoms with Crippen LogP contribution in [0.4, 0.5) is 0 Å². The predicted octanol–water partition coefficient (Wildman–Crippen LogP) is 1.69. The molecule has 0 aromatic carbocycles. The van der Waals surface area contributed by atoms with Gasteiger partial charge in [-0.05, 0) is 25.3 Å². The molecule has 0 aliphatic carbocycles. The Morgan fingerprint density at radius 3 is 2.79 bits per heavy atom. The Kier molecular flexibility index (Phi) is 4.58. The van der Waals surface area contributed by atoms with Gasteiger partial charge >= 0.3 is 0 Å². The lowest BCUT2D eigenvalue weighted by Gasteiger charge is -2.39. The molecule has 1 aromatic heterocycles. The minimum Gasteiger partial charge on any atom is -0.333 e. The molecule has 1 fully saturated rings. The summed E-state index contributed by atoms with van der Waals surface area (Å²) in [5.74, 6) is 0.220. The molecule has 2 unspecified atom stereocenters. The zero-order valence-electron chi connectivity index (χ0n) is 11.9. The average molecular weight is 264 g/mol. The molecular formula is C14H24N4O. The highest BCUT2D eigenvalue weighted by Gasteiger charge is 2.36. The van der Waals surface area contributed by atoms with Crippen molar-refractivity contribution in [3.63, 3.8) is 0 Å². The second-order valence-corrected chi connectivity index (χ2v) is 5.21. The molecule has 1 aromatic rings. The van der Waals surface area contributed by atoms with Crippen LogP contribution in [0.1, 0.15) is 51.3 Å². The number of rotatable bonds is 5. The summed E-state index contributed by atoms with van der Waals surface area (Å²) in [6, 6.07) is 1.99. The highest BCUT2D eigenvalue weighted by Crippen LogP contribution is 2.31. The van der Waals surface area contributed by atoms with Crippen LogP contribution < -0.4 is 5.73 Å². The van der Waals surface area contributed by atoms with Gasteiger partial charge in [0.15, 0.2) is 0 Å². The van der Waals surface area contributed by atoms with E-state index in [1.807, 2.05) is 15.6 Å². The van der Waals surface area contributed by atoms with Crippen molar-refractivity contribution in [1.29, 1.82) is 0 Å². The van der Waals surface area contributed by atoms with Crippen LogP contribution >= 0.6 is 0 Å². The molecule has 5 heteroatoms. The van der Waals surface area contributed by atoms with Gasteiger partial charge in [0.05, 0.1) is 11.7 Å². The lowest BCUT2D eigenvalue weighted by atomic mass is 9.93. The van der Waals surface area contributed by atoms with E-state index in [4.69, 9.17) is 5.73 Å². The second-order valence-electron chi connectivity index (χ2n) is 5.21. The van der Waals surface area contributed by atoms with Crippen molar-refractivity contribution in [2.24, 2.45) is 5.73 Å². The van der Waals surface area contributed by atoms with Gasteiger partial charge in [0.25, 0.3) is 0 Å². The molecule has 2 heterocycles. The smallest absolute Gasteiger partial charge is 0.223 e. The van der Waals surface area contributed by atoms with Crippen LogP contribution in [-0.4, -0.2) is 33.2 Å². The van der Waals surface area contributed by atoms with Crippen LogP contribution in [0.3, 0.4) is 0 Å². The van der Waals surface area contributed by atoms with Gasteiger partial charge in [-0.3, -0.25) is 9.48 Å². The first-order valence-electron chi connectivity index (χ1n) is 7.25. The van der Waals surface area contributed by atoms with Crippen LogP contribution in [0, 0.1) is 0 Å². The average Bonchev–Trinajstić information content (AvgIpc) is 2.83. The number of hydrogen-bond donors (Lipinski definition) is 1. The Morgan fingerprint density at radius 1 is 1.37 bits per heavy atom. The largest absolute Gasteiger partial charge is 0.333 e. The number of nitrogens with two attached hydrogens (primary N) is 1. The normalized spacial score (nSPS) is 23.9. The lowest BCUT2D eigenvalue weighted by Crippen LogP contribution is -2.49. The van der Waals surface area contributed by atoms with Gasteiger partial charge in [0.1, 0.15) is 0 Å². The number of hydrogen-bond acceptors (Lipinski definition) is 3. The van der Waals surface area contributed by atoms with Crippen molar-refractivity contribution in [1.82, 2.24) is 14.7 Å². The molecule has 1 saturated heterocycles. The van der Waals surface area contributed by atoms with Gasteiger partial charge in [0, 0.05) is 31.7 Å². The Hall–Kier alpha value is -1.36. The van der Waals surface area contributed by atoms with Crippen LogP contribution in [-0.2, 0) is 11.3 Å². The standard InChI is InChI=1S/C14H24N4O/c1-3-9-17-13(19)6-5-11(15)14(17)12-7-8-16-18(12)10-4-2/h7-8,11,14H,3-6,9-10,15H2,1-2H3. The second kappa shape index (κ2) is 6.19. The number of likely N-dealkylation sites (tertiary alicyclic amines) is 1. The summed E-state index contributed by atoms with van der Waals surface area (Å²) >= 11 is 0. The Morgan fingerprint density at radius 2 is 2.11 bits per heavy atom. The van der Waals surface area contributed by atoms with E-state index in [1.54, 1.807) is 6.20 Å². The van der Waals surface area contributed by atoms with E-state index in [9.17, 15) is 4.79 Å². The van der Waals surface area contributed by atoms with Gasteiger partial charge in [-0.25, -0.2) is 0 Å². The van der Waals surface area contributed by atoms with E-state index in [0.717, 1.165) is 38.0 Å². The summed E-state index contributed by atoms with van der Waals surface area (Å²) in [6.45, 7) is 5.86. The molecule has 2 N–H and O–H groups in total. The molecule has 0 saturated carbocycles. The van der Waals surface area contributed by atoms with E-state index < -0.39 is 0 Å². The summed E-state index contributed by atoms with van der Waals surface area (Å²) < 4.78 is 1.99. The number of carbonyl (C=O) groups excluding carboxylic acids is 1. The summed E-state index contributed by atoms with van der Waals surface area (Å²) in [6.07, 6.45) is 5.12. The third-order valence-electron chi connectivity index (χ3n) is 3.71. The molecule has 2 atom stereocenters. The SMILES string of the molecule is CCCN1C(=O)CCC(N)C1c1ccnn1CCC. The van der Waals surface area contributed by atoms with E-state index in [2.05, 4.69) is 18.9 Å². The van der Waals surface area contributed by atoms with E-state index in [1.165, 1.54) is 0 Å². The first kappa shape index (κ1) is 14.1. The van der Waals surface area contributed by atoms with Crippen molar-refractivity contribution in [3.8, 4) is 0 Å². The van der Waals surface area contributed by atoms with E-state index >= 15 is 0 Å². The maximum Gasteiger partial charge on any atom is 0.223 e. The van der Waals surface area contributed by atoms with Crippen LogP contribution in [0.2, 0.25) is 0 Å². The highest BCUT2D eigenvalue weighted by atomic mass is 16.2.